The highest BCUT2D eigenvalue weighted by molar-refractivity contribution is 5.99. The van der Waals surface area contributed by atoms with E-state index >= 15 is 0 Å². The van der Waals surface area contributed by atoms with E-state index in [1.165, 1.54) is 50.1 Å². The third-order valence-electron chi connectivity index (χ3n) is 10.1. The van der Waals surface area contributed by atoms with Crippen LogP contribution in [0.1, 0.15) is 51.3 Å². The topological polar surface area (TPSA) is 36.4 Å². The van der Waals surface area contributed by atoms with E-state index < -0.39 is 5.41 Å². The average molecular weight is 630 g/mol. The second-order valence-corrected chi connectivity index (χ2v) is 12.8. The van der Waals surface area contributed by atoms with Gasteiger partial charge in [-0.3, -0.25) is 5.32 Å². The lowest BCUT2D eigenvalue weighted by atomic mass is 9.67. The second kappa shape index (κ2) is 12.2. The Morgan fingerprint density at radius 2 is 0.980 bits per heavy atom. The highest BCUT2D eigenvalue weighted by Gasteiger charge is 2.46. The van der Waals surface area contributed by atoms with Gasteiger partial charge in [0, 0.05) is 5.56 Å². The first-order valence-electron chi connectivity index (χ1n) is 17.0. The minimum atomic E-state index is -0.418. The summed E-state index contributed by atoms with van der Waals surface area (Å²) in [5.41, 5.74) is 13.1. The third kappa shape index (κ3) is 4.99. The zero-order valence-corrected chi connectivity index (χ0v) is 27.0. The molecule has 0 bridgehead atoms. The van der Waals surface area contributed by atoms with Gasteiger partial charge in [-0.05, 0) is 61.7 Å². The normalized spacial score (nSPS) is 17.3. The van der Waals surface area contributed by atoms with E-state index in [1.807, 2.05) is 6.07 Å². The van der Waals surface area contributed by atoms with Crippen LogP contribution in [0.15, 0.2) is 193 Å². The molecule has 0 spiro atoms. The first kappa shape index (κ1) is 29.1. The number of amidine groups is 1. The van der Waals surface area contributed by atoms with Gasteiger partial charge in [0.25, 0.3) is 0 Å². The summed E-state index contributed by atoms with van der Waals surface area (Å²) < 4.78 is 0. The zero-order valence-electron chi connectivity index (χ0n) is 27.0. The molecule has 3 nitrogen and oxygen atoms in total. The molecule has 2 unspecified atom stereocenters. The summed E-state index contributed by atoms with van der Waals surface area (Å²) in [6.45, 7) is 0. The van der Waals surface area contributed by atoms with Gasteiger partial charge in [0.1, 0.15) is 18.2 Å². The Bertz CT molecular complexity index is 2220. The summed E-state index contributed by atoms with van der Waals surface area (Å²) in [5.74, 6) is 0.888. The molecule has 0 saturated heterocycles. The van der Waals surface area contributed by atoms with Crippen molar-refractivity contribution in [1.82, 2.24) is 10.6 Å². The molecule has 0 radical (unpaired) electrons. The first-order valence-corrected chi connectivity index (χ1v) is 17.0. The zero-order chi connectivity index (χ0) is 32.6. The molecule has 3 heteroatoms. The van der Waals surface area contributed by atoms with Crippen LogP contribution in [0, 0.1) is 0 Å². The molecule has 2 aliphatic rings. The van der Waals surface area contributed by atoms with Crippen molar-refractivity contribution in [3.8, 4) is 22.3 Å². The largest absolute Gasteiger partial charge is 0.350 e. The van der Waals surface area contributed by atoms with Crippen LogP contribution >= 0.6 is 0 Å². The fourth-order valence-corrected chi connectivity index (χ4v) is 7.77. The van der Waals surface area contributed by atoms with E-state index in [0.29, 0.717) is 0 Å². The second-order valence-electron chi connectivity index (χ2n) is 12.8. The van der Waals surface area contributed by atoms with E-state index in [2.05, 4.69) is 193 Å². The Morgan fingerprint density at radius 1 is 0.429 bits per heavy atom. The maximum Gasteiger partial charge on any atom is 0.131 e. The number of aliphatic imine (C=N–C) groups is 1. The van der Waals surface area contributed by atoms with Crippen molar-refractivity contribution in [1.29, 1.82) is 0 Å². The fraction of sp³-hybridized carbons (Fsp3) is 0.0652. The van der Waals surface area contributed by atoms with E-state index in [1.54, 1.807) is 0 Å². The van der Waals surface area contributed by atoms with Crippen LogP contribution in [0.5, 0.6) is 0 Å². The lowest BCUT2D eigenvalue weighted by molar-refractivity contribution is 0.409. The van der Waals surface area contributed by atoms with Gasteiger partial charge in [-0.2, -0.15) is 0 Å². The smallest absolute Gasteiger partial charge is 0.131 e. The van der Waals surface area contributed by atoms with E-state index in [9.17, 15) is 0 Å². The first-order chi connectivity index (χ1) is 24.3. The van der Waals surface area contributed by atoms with Gasteiger partial charge in [0.15, 0.2) is 0 Å². The standard InChI is InChI=1S/C46H35N3/c1-5-15-33(16-6-1)43-47-44(34-17-7-2-8-18-34)49-45(48-43)35-27-25-32(26-28-35)36-29-30-40-39-23-13-14-24-41(39)46(42(40)31-36,37-19-9-3-10-20-37)38-21-11-4-12-22-38/h1-31,43,45,48H,(H,47,49). The highest BCUT2D eigenvalue weighted by atomic mass is 15.3. The molecule has 1 heterocycles. The minimum absolute atomic E-state index is 0.0685. The van der Waals surface area contributed by atoms with E-state index in [4.69, 9.17) is 4.99 Å². The van der Waals surface area contributed by atoms with Gasteiger partial charge in [-0.25, -0.2) is 4.99 Å². The van der Waals surface area contributed by atoms with Crippen molar-refractivity contribution >= 4 is 5.84 Å². The van der Waals surface area contributed by atoms with Crippen molar-refractivity contribution < 1.29 is 0 Å². The Labute approximate surface area is 287 Å². The molecular weight excluding hydrogens is 595 g/mol. The van der Waals surface area contributed by atoms with Crippen LogP contribution < -0.4 is 10.6 Å². The van der Waals surface area contributed by atoms with Gasteiger partial charge in [0.05, 0.1) is 5.41 Å². The predicted octanol–water partition coefficient (Wildman–Crippen LogP) is 10.1. The van der Waals surface area contributed by atoms with Crippen molar-refractivity contribution in [3.05, 3.63) is 227 Å². The molecule has 0 saturated carbocycles. The molecule has 7 aromatic carbocycles. The molecule has 2 N–H and O–H groups in total. The molecule has 0 aromatic heterocycles. The average Bonchev–Trinajstić information content (AvgIpc) is 3.49. The summed E-state index contributed by atoms with van der Waals surface area (Å²) >= 11 is 0. The quantitative estimate of drug-likeness (QED) is 0.192. The van der Waals surface area contributed by atoms with Crippen LogP contribution in [-0.4, -0.2) is 5.84 Å². The summed E-state index contributed by atoms with van der Waals surface area (Å²) in [7, 11) is 0. The number of benzene rings is 7. The van der Waals surface area contributed by atoms with Crippen LogP contribution in [0.2, 0.25) is 0 Å². The van der Waals surface area contributed by atoms with Crippen molar-refractivity contribution in [2.75, 3.05) is 0 Å². The fourth-order valence-electron chi connectivity index (χ4n) is 7.77. The lowest BCUT2D eigenvalue weighted by Crippen LogP contribution is -2.44. The Balaban J connectivity index is 1.13. The molecule has 2 atom stereocenters. The van der Waals surface area contributed by atoms with E-state index in [-0.39, 0.29) is 12.3 Å². The van der Waals surface area contributed by atoms with Crippen LogP contribution in [-0.2, 0) is 5.41 Å². The number of rotatable bonds is 6. The Hall–Kier alpha value is -6.03. The van der Waals surface area contributed by atoms with Gasteiger partial charge in [-0.1, -0.05) is 182 Å². The van der Waals surface area contributed by atoms with Crippen LogP contribution in [0.25, 0.3) is 22.3 Å². The van der Waals surface area contributed by atoms with Crippen molar-refractivity contribution in [2.45, 2.75) is 17.7 Å². The maximum absolute atomic E-state index is 5.15. The van der Waals surface area contributed by atoms with E-state index in [0.717, 1.165) is 17.0 Å². The van der Waals surface area contributed by atoms with Crippen molar-refractivity contribution in [3.63, 3.8) is 0 Å². The Kier molecular flexibility index (Phi) is 7.26. The highest BCUT2D eigenvalue weighted by Crippen LogP contribution is 2.56. The molecule has 7 aromatic rings. The summed E-state index contributed by atoms with van der Waals surface area (Å²) in [6.07, 6.45) is -0.268. The minimum Gasteiger partial charge on any atom is -0.350 e. The molecule has 234 valence electrons. The van der Waals surface area contributed by atoms with Gasteiger partial charge in [0.2, 0.25) is 0 Å². The number of nitrogens with one attached hydrogen (secondary N) is 2. The van der Waals surface area contributed by atoms with Gasteiger partial charge < -0.3 is 5.32 Å². The molecule has 1 aliphatic carbocycles. The molecule has 49 heavy (non-hydrogen) atoms. The Morgan fingerprint density at radius 3 is 1.65 bits per heavy atom. The summed E-state index contributed by atoms with van der Waals surface area (Å²) in [5, 5.41) is 7.37. The molecule has 1 aliphatic heterocycles. The maximum atomic E-state index is 5.15. The third-order valence-corrected chi connectivity index (χ3v) is 10.1. The predicted molar refractivity (Wildman–Crippen MR) is 200 cm³/mol. The number of fused-ring (bicyclic) bond motifs is 3. The monoisotopic (exact) mass is 629 g/mol. The molecule has 0 fully saturated rings. The SMILES string of the molecule is c1ccc(C2=NC(c3ccc(-c4ccc5c(c4)C(c4ccccc4)(c4ccccc4)c4ccccc4-5)cc3)NC(c3ccccc3)N2)cc1. The van der Waals surface area contributed by atoms with Crippen LogP contribution in [0.4, 0.5) is 0 Å². The summed E-state index contributed by atoms with van der Waals surface area (Å²) in [4.78, 5) is 5.15. The molecule has 9 rings (SSSR count). The summed E-state index contributed by atoms with van der Waals surface area (Å²) in [6, 6.07) is 67.7. The van der Waals surface area contributed by atoms with Crippen LogP contribution in [0.3, 0.4) is 0 Å². The molecule has 0 amide bonds. The number of hydrogen-bond donors (Lipinski definition) is 2. The van der Waals surface area contributed by atoms with Gasteiger partial charge in [-0.15, -0.1) is 0 Å². The number of nitrogens with zero attached hydrogens (tertiary/aromatic N) is 1. The molecular formula is C46H35N3. The van der Waals surface area contributed by atoms with Gasteiger partial charge >= 0.3 is 0 Å². The number of hydrogen-bond acceptors (Lipinski definition) is 3. The van der Waals surface area contributed by atoms with Crippen molar-refractivity contribution in [2.24, 2.45) is 4.99 Å². The lowest BCUT2D eigenvalue weighted by Gasteiger charge is -2.34.